The van der Waals surface area contributed by atoms with Crippen molar-refractivity contribution in [2.45, 2.75) is 19.5 Å². The molecule has 1 atom stereocenters. The second kappa shape index (κ2) is 10.0. The highest BCUT2D eigenvalue weighted by Gasteiger charge is 2.23. The van der Waals surface area contributed by atoms with E-state index in [9.17, 15) is 14.4 Å². The van der Waals surface area contributed by atoms with Crippen molar-refractivity contribution in [2.24, 2.45) is 0 Å². The first-order valence-corrected chi connectivity index (χ1v) is 11.0. The molecule has 0 spiro atoms. The highest BCUT2D eigenvalue weighted by atomic mass is 16.5. The van der Waals surface area contributed by atoms with Gasteiger partial charge in [-0.2, -0.15) is 0 Å². The van der Waals surface area contributed by atoms with Crippen LogP contribution < -0.4 is 21.2 Å². The standard InChI is InChI=1S/C24H28N4O5/c1-3-28-20-9-6-17(14-19(20)26-23(30)24(28)31)22(29)25-15-21(27-10-12-33-13-11-27)16-4-7-18(32-2)8-5-16/h4-9,14,21H,3,10-13,15H2,1-2H3,(H,25,29)(H,26,30). The number of nitrogens with zero attached hydrogens (tertiary/aromatic N) is 2. The Morgan fingerprint density at radius 1 is 1.15 bits per heavy atom. The number of aromatic nitrogens is 2. The molecule has 1 aliphatic heterocycles. The molecule has 1 fully saturated rings. The zero-order chi connectivity index (χ0) is 23.4. The van der Waals surface area contributed by atoms with E-state index in [1.54, 1.807) is 32.2 Å². The maximum absolute atomic E-state index is 13.0. The summed E-state index contributed by atoms with van der Waals surface area (Å²) >= 11 is 0. The summed E-state index contributed by atoms with van der Waals surface area (Å²) in [4.78, 5) is 41.9. The van der Waals surface area contributed by atoms with Crippen LogP contribution in [0, 0.1) is 0 Å². The number of carbonyl (C=O) groups is 1. The maximum Gasteiger partial charge on any atom is 0.316 e. The van der Waals surface area contributed by atoms with Crippen molar-refractivity contribution < 1.29 is 14.3 Å². The van der Waals surface area contributed by atoms with Crippen LogP contribution in [-0.4, -0.2) is 60.3 Å². The lowest BCUT2D eigenvalue weighted by atomic mass is 10.0. The van der Waals surface area contributed by atoms with Gasteiger partial charge in [-0.05, 0) is 42.8 Å². The number of fused-ring (bicyclic) bond motifs is 1. The fourth-order valence-electron chi connectivity index (χ4n) is 4.20. The zero-order valence-corrected chi connectivity index (χ0v) is 18.8. The lowest BCUT2D eigenvalue weighted by Gasteiger charge is -2.35. The lowest BCUT2D eigenvalue weighted by molar-refractivity contribution is 0.0162. The van der Waals surface area contributed by atoms with E-state index in [2.05, 4.69) is 15.2 Å². The van der Waals surface area contributed by atoms with Crippen LogP contribution in [-0.2, 0) is 11.3 Å². The van der Waals surface area contributed by atoms with Crippen LogP contribution in [0.3, 0.4) is 0 Å². The summed E-state index contributed by atoms with van der Waals surface area (Å²) in [5.74, 6) is 0.526. The Morgan fingerprint density at radius 2 is 1.88 bits per heavy atom. The third kappa shape index (κ3) is 4.84. The van der Waals surface area contributed by atoms with Gasteiger partial charge in [0.15, 0.2) is 0 Å². The number of aromatic amines is 1. The van der Waals surface area contributed by atoms with Crippen molar-refractivity contribution in [1.82, 2.24) is 19.8 Å². The predicted octanol–water partition coefficient (Wildman–Crippen LogP) is 1.52. The Labute approximate surface area is 190 Å². The van der Waals surface area contributed by atoms with Crippen LogP contribution >= 0.6 is 0 Å². The van der Waals surface area contributed by atoms with Gasteiger partial charge in [0.25, 0.3) is 5.91 Å². The second-order valence-corrected chi connectivity index (χ2v) is 7.88. The Hall–Kier alpha value is -3.43. The van der Waals surface area contributed by atoms with Crippen molar-refractivity contribution in [2.75, 3.05) is 40.0 Å². The van der Waals surface area contributed by atoms with Crippen molar-refractivity contribution in [1.29, 1.82) is 0 Å². The predicted molar refractivity (Wildman–Crippen MR) is 125 cm³/mol. The monoisotopic (exact) mass is 452 g/mol. The van der Waals surface area contributed by atoms with Crippen molar-refractivity contribution in [3.05, 3.63) is 74.3 Å². The normalized spacial score (nSPS) is 15.3. The molecule has 33 heavy (non-hydrogen) atoms. The molecule has 1 unspecified atom stereocenters. The van der Waals surface area contributed by atoms with Crippen molar-refractivity contribution in [3.8, 4) is 5.75 Å². The average Bonchev–Trinajstić information content (AvgIpc) is 2.85. The number of aryl methyl sites for hydroxylation is 1. The molecule has 0 bridgehead atoms. The number of hydrogen-bond acceptors (Lipinski definition) is 6. The summed E-state index contributed by atoms with van der Waals surface area (Å²) in [7, 11) is 1.63. The van der Waals surface area contributed by atoms with Crippen LogP contribution in [0.5, 0.6) is 5.75 Å². The van der Waals surface area contributed by atoms with E-state index in [1.165, 1.54) is 4.57 Å². The molecule has 0 radical (unpaired) electrons. The van der Waals surface area contributed by atoms with E-state index < -0.39 is 11.1 Å². The molecule has 0 aliphatic carbocycles. The Kier molecular flexibility index (Phi) is 6.90. The van der Waals surface area contributed by atoms with Gasteiger partial charge in [-0.25, -0.2) is 0 Å². The van der Waals surface area contributed by atoms with Gasteiger partial charge in [0.2, 0.25) is 0 Å². The highest BCUT2D eigenvalue weighted by Crippen LogP contribution is 2.24. The minimum atomic E-state index is -0.700. The molecule has 9 nitrogen and oxygen atoms in total. The van der Waals surface area contributed by atoms with E-state index in [4.69, 9.17) is 9.47 Å². The first-order chi connectivity index (χ1) is 16.0. The van der Waals surface area contributed by atoms with Crippen molar-refractivity contribution in [3.63, 3.8) is 0 Å². The summed E-state index contributed by atoms with van der Waals surface area (Å²) in [6.45, 7) is 5.43. The number of amides is 1. The topological polar surface area (TPSA) is 106 Å². The number of rotatable bonds is 7. The van der Waals surface area contributed by atoms with Gasteiger partial charge in [-0.1, -0.05) is 12.1 Å². The minimum Gasteiger partial charge on any atom is -0.497 e. The molecule has 4 rings (SSSR count). The quantitative estimate of drug-likeness (QED) is 0.527. The summed E-state index contributed by atoms with van der Waals surface area (Å²) < 4.78 is 12.2. The number of H-pyrrole nitrogens is 1. The number of hydrogen-bond donors (Lipinski definition) is 2. The fourth-order valence-corrected chi connectivity index (χ4v) is 4.20. The molecule has 2 aromatic carbocycles. The molecule has 2 heterocycles. The molecular weight excluding hydrogens is 424 g/mol. The van der Waals surface area contributed by atoms with Crippen LogP contribution in [0.2, 0.25) is 0 Å². The SMILES string of the molecule is CCn1c(=O)c(=O)[nH]c2cc(C(=O)NCC(c3ccc(OC)cc3)N3CCOCC3)ccc21. The smallest absolute Gasteiger partial charge is 0.316 e. The number of methoxy groups -OCH3 is 1. The van der Waals surface area contributed by atoms with E-state index in [-0.39, 0.29) is 11.9 Å². The summed E-state index contributed by atoms with van der Waals surface area (Å²) in [5, 5.41) is 3.03. The second-order valence-electron chi connectivity index (χ2n) is 7.88. The number of morpholine rings is 1. The highest BCUT2D eigenvalue weighted by molar-refractivity contribution is 5.97. The molecule has 3 aromatic rings. The first kappa shape index (κ1) is 22.8. The van der Waals surface area contributed by atoms with Gasteiger partial charge in [0, 0.05) is 31.7 Å². The third-order valence-corrected chi connectivity index (χ3v) is 6.00. The molecule has 1 saturated heterocycles. The van der Waals surface area contributed by atoms with Gasteiger partial charge in [-0.3, -0.25) is 19.3 Å². The van der Waals surface area contributed by atoms with Crippen LogP contribution in [0.15, 0.2) is 52.1 Å². The summed E-state index contributed by atoms with van der Waals surface area (Å²) in [6, 6.07) is 12.8. The zero-order valence-electron chi connectivity index (χ0n) is 18.8. The lowest BCUT2D eigenvalue weighted by Crippen LogP contribution is -2.43. The molecule has 1 aliphatic rings. The van der Waals surface area contributed by atoms with Crippen LogP contribution in [0.1, 0.15) is 28.9 Å². The molecule has 174 valence electrons. The average molecular weight is 453 g/mol. The van der Waals surface area contributed by atoms with Crippen molar-refractivity contribution >= 4 is 16.9 Å². The third-order valence-electron chi connectivity index (χ3n) is 6.00. The summed E-state index contributed by atoms with van der Waals surface area (Å²) in [6.07, 6.45) is 0. The first-order valence-electron chi connectivity index (χ1n) is 11.0. The molecular formula is C24H28N4O5. The fraction of sp³-hybridized carbons (Fsp3) is 0.375. The molecule has 9 heteroatoms. The number of benzene rings is 2. The van der Waals surface area contributed by atoms with Crippen LogP contribution in [0.25, 0.3) is 11.0 Å². The van der Waals surface area contributed by atoms with E-state index in [0.29, 0.717) is 42.9 Å². The van der Waals surface area contributed by atoms with Gasteiger partial charge >= 0.3 is 11.1 Å². The molecule has 2 N–H and O–H groups in total. The van der Waals surface area contributed by atoms with E-state index >= 15 is 0 Å². The minimum absolute atomic E-state index is 0.0192. The Bertz CT molecular complexity index is 1240. The van der Waals surface area contributed by atoms with E-state index in [0.717, 1.165) is 24.4 Å². The number of nitrogens with one attached hydrogen (secondary N) is 2. The maximum atomic E-state index is 13.0. The molecule has 1 amide bonds. The van der Waals surface area contributed by atoms with Gasteiger partial charge in [-0.15, -0.1) is 0 Å². The Balaban J connectivity index is 1.56. The largest absolute Gasteiger partial charge is 0.497 e. The van der Waals surface area contributed by atoms with Crippen LogP contribution in [0.4, 0.5) is 0 Å². The molecule has 1 aromatic heterocycles. The Morgan fingerprint density at radius 3 is 2.55 bits per heavy atom. The van der Waals surface area contributed by atoms with E-state index in [1.807, 2.05) is 24.3 Å². The van der Waals surface area contributed by atoms with Gasteiger partial charge < -0.3 is 24.3 Å². The number of carbonyl (C=O) groups excluding carboxylic acids is 1. The number of ether oxygens (including phenoxy) is 2. The van der Waals surface area contributed by atoms with Gasteiger partial charge in [0.05, 0.1) is 37.4 Å². The molecule has 0 saturated carbocycles. The van der Waals surface area contributed by atoms with Gasteiger partial charge in [0.1, 0.15) is 5.75 Å². The summed E-state index contributed by atoms with van der Waals surface area (Å²) in [5.41, 5.74) is 1.23.